The van der Waals surface area contributed by atoms with Crippen LogP contribution in [0.1, 0.15) is 46.2 Å². The fraction of sp³-hybridized carbons (Fsp3) is 0.538. The molecule has 1 fully saturated rings. The number of benzene rings is 1. The lowest BCUT2D eigenvalue weighted by molar-refractivity contribution is -0.123. The van der Waals surface area contributed by atoms with E-state index in [9.17, 15) is 24.3 Å². The molecule has 206 valence electrons. The molecular weight excluding hydrogens is 494 g/mol. The highest BCUT2D eigenvalue weighted by atomic mass is 16.7. The van der Waals surface area contributed by atoms with E-state index in [1.54, 1.807) is 25.7 Å². The Hall–Kier alpha value is -3.96. The molecule has 1 saturated heterocycles. The van der Waals surface area contributed by atoms with Crippen molar-refractivity contribution in [1.29, 1.82) is 0 Å². The molecule has 1 N–H and O–H groups in total. The second kappa shape index (κ2) is 10.8. The fourth-order valence-corrected chi connectivity index (χ4v) is 4.72. The number of amides is 3. The van der Waals surface area contributed by atoms with Crippen molar-refractivity contribution >= 4 is 23.8 Å². The van der Waals surface area contributed by atoms with E-state index in [1.165, 1.54) is 14.4 Å². The molecule has 2 aliphatic heterocycles. The maximum Gasteiger partial charge on any atom is 0.434 e. The van der Waals surface area contributed by atoms with Crippen LogP contribution in [0.15, 0.2) is 35.1 Å². The Kier molecular flexibility index (Phi) is 7.70. The largest absolute Gasteiger partial charge is 0.491 e. The highest BCUT2D eigenvalue weighted by molar-refractivity contribution is 5.95. The zero-order valence-corrected chi connectivity index (χ0v) is 22.3. The molecule has 1 aromatic heterocycles. The summed E-state index contributed by atoms with van der Waals surface area (Å²) in [5.74, 6) is -0.769. The molecule has 2 aliphatic rings. The molecule has 4 rings (SSSR count). The van der Waals surface area contributed by atoms with Gasteiger partial charge in [-0.05, 0) is 52.7 Å². The molecule has 0 aliphatic carbocycles. The van der Waals surface area contributed by atoms with E-state index in [-0.39, 0.29) is 50.2 Å². The van der Waals surface area contributed by atoms with Crippen LogP contribution in [0.4, 0.5) is 15.3 Å². The quantitative estimate of drug-likeness (QED) is 0.645. The van der Waals surface area contributed by atoms with Crippen LogP contribution in [-0.4, -0.2) is 74.1 Å². The summed E-state index contributed by atoms with van der Waals surface area (Å²) >= 11 is 0. The van der Waals surface area contributed by atoms with Gasteiger partial charge in [-0.15, -0.1) is 0 Å². The van der Waals surface area contributed by atoms with E-state index in [0.29, 0.717) is 24.1 Å². The van der Waals surface area contributed by atoms with E-state index in [2.05, 4.69) is 0 Å². The Morgan fingerprint density at radius 1 is 1.00 bits per heavy atom. The standard InChI is InChI=1S/C26H35N5O7/c1-5-29(19-9-7-6-8-10-19)21(32)18-11-13-27(14-12-18)25(36)38-31-22(33)20-17-28(15-16-30(20)23(31)34)24(35)37-26(2,3)4/h6-10,18,33H,5,11-17H2,1-4H3. The van der Waals surface area contributed by atoms with E-state index < -0.39 is 29.4 Å². The number of aromatic nitrogens is 2. The second-order valence-corrected chi connectivity index (χ2v) is 10.4. The average molecular weight is 530 g/mol. The zero-order valence-electron chi connectivity index (χ0n) is 22.3. The summed E-state index contributed by atoms with van der Waals surface area (Å²) in [6.45, 7) is 8.52. The van der Waals surface area contributed by atoms with Crippen molar-refractivity contribution in [3.05, 3.63) is 46.5 Å². The first-order valence-electron chi connectivity index (χ1n) is 12.8. The van der Waals surface area contributed by atoms with Crippen molar-refractivity contribution in [3.8, 4) is 5.88 Å². The van der Waals surface area contributed by atoms with Crippen LogP contribution in [0.5, 0.6) is 5.88 Å². The second-order valence-electron chi connectivity index (χ2n) is 10.4. The van der Waals surface area contributed by atoms with Crippen LogP contribution in [0.3, 0.4) is 0 Å². The molecule has 0 unspecified atom stereocenters. The maximum absolute atomic E-state index is 13.1. The molecule has 12 nitrogen and oxygen atoms in total. The van der Waals surface area contributed by atoms with Gasteiger partial charge in [0.2, 0.25) is 5.91 Å². The van der Waals surface area contributed by atoms with Gasteiger partial charge in [0.25, 0.3) is 5.88 Å². The Morgan fingerprint density at radius 3 is 2.26 bits per heavy atom. The van der Waals surface area contributed by atoms with Gasteiger partial charge in [-0.1, -0.05) is 22.9 Å². The van der Waals surface area contributed by atoms with Crippen molar-refractivity contribution < 1.29 is 29.1 Å². The molecule has 0 bridgehead atoms. The first-order valence-corrected chi connectivity index (χ1v) is 12.8. The predicted octanol–water partition coefficient (Wildman–Crippen LogP) is 2.42. The summed E-state index contributed by atoms with van der Waals surface area (Å²) in [7, 11) is 0. The van der Waals surface area contributed by atoms with Gasteiger partial charge in [-0.2, -0.15) is 0 Å². The van der Waals surface area contributed by atoms with Crippen molar-refractivity contribution in [2.24, 2.45) is 5.92 Å². The van der Waals surface area contributed by atoms with Crippen molar-refractivity contribution in [3.63, 3.8) is 0 Å². The van der Waals surface area contributed by atoms with Crippen LogP contribution in [0.25, 0.3) is 0 Å². The van der Waals surface area contributed by atoms with Crippen molar-refractivity contribution in [1.82, 2.24) is 19.1 Å². The van der Waals surface area contributed by atoms with E-state index in [1.807, 2.05) is 37.3 Å². The summed E-state index contributed by atoms with van der Waals surface area (Å²) in [4.78, 5) is 61.0. The first-order chi connectivity index (χ1) is 18.0. The van der Waals surface area contributed by atoms with Gasteiger partial charge < -0.3 is 29.4 Å². The number of fused-ring (bicyclic) bond motifs is 1. The lowest BCUT2D eigenvalue weighted by atomic mass is 9.95. The predicted molar refractivity (Wildman–Crippen MR) is 138 cm³/mol. The summed E-state index contributed by atoms with van der Waals surface area (Å²) in [5.41, 5.74) is -0.405. The average Bonchev–Trinajstić information content (AvgIpc) is 3.13. The van der Waals surface area contributed by atoms with Gasteiger partial charge in [0.15, 0.2) is 0 Å². The molecule has 3 heterocycles. The molecule has 0 atom stereocenters. The number of carbonyl (C=O) groups is 3. The van der Waals surface area contributed by atoms with Gasteiger partial charge in [-0.25, -0.2) is 14.4 Å². The molecule has 0 spiro atoms. The van der Waals surface area contributed by atoms with E-state index >= 15 is 0 Å². The minimum absolute atomic E-state index is 0.00947. The van der Waals surface area contributed by atoms with Crippen molar-refractivity contribution in [2.45, 2.75) is 59.2 Å². The minimum Gasteiger partial charge on any atom is -0.491 e. The van der Waals surface area contributed by atoms with Gasteiger partial charge in [0.1, 0.15) is 11.3 Å². The van der Waals surface area contributed by atoms with Gasteiger partial charge in [0, 0.05) is 44.3 Å². The number of piperidine rings is 1. The van der Waals surface area contributed by atoms with Gasteiger partial charge in [-0.3, -0.25) is 9.36 Å². The number of para-hydroxylation sites is 1. The Balaban J connectivity index is 1.38. The molecule has 3 amide bonds. The number of aromatic hydroxyl groups is 1. The number of hydrogen-bond donors (Lipinski definition) is 1. The number of ether oxygens (including phenoxy) is 1. The van der Waals surface area contributed by atoms with Crippen LogP contribution in [0.2, 0.25) is 0 Å². The Bertz CT molecular complexity index is 1240. The van der Waals surface area contributed by atoms with Gasteiger partial charge in [0.05, 0.1) is 6.54 Å². The molecule has 0 radical (unpaired) electrons. The third kappa shape index (κ3) is 5.63. The number of rotatable bonds is 4. The fourth-order valence-electron chi connectivity index (χ4n) is 4.72. The zero-order chi connectivity index (χ0) is 27.6. The summed E-state index contributed by atoms with van der Waals surface area (Å²) < 4.78 is 7.21. The Morgan fingerprint density at radius 2 is 1.66 bits per heavy atom. The number of hydrogen-bond acceptors (Lipinski definition) is 7. The lowest BCUT2D eigenvalue weighted by Gasteiger charge is -2.33. The third-order valence-corrected chi connectivity index (χ3v) is 6.69. The summed E-state index contributed by atoms with van der Waals surface area (Å²) in [6, 6.07) is 9.45. The maximum atomic E-state index is 13.1. The number of nitrogens with zero attached hydrogens (tertiary/aromatic N) is 5. The minimum atomic E-state index is -0.796. The number of carbonyl (C=O) groups excluding carboxylic acids is 3. The van der Waals surface area contributed by atoms with E-state index in [4.69, 9.17) is 9.57 Å². The lowest BCUT2D eigenvalue weighted by Crippen LogP contribution is -2.47. The number of likely N-dealkylation sites (tertiary alicyclic amines) is 1. The third-order valence-electron chi connectivity index (χ3n) is 6.69. The molecule has 12 heteroatoms. The van der Waals surface area contributed by atoms with Crippen LogP contribution in [-0.2, 0) is 22.6 Å². The summed E-state index contributed by atoms with van der Waals surface area (Å²) in [5, 5.41) is 10.7. The van der Waals surface area contributed by atoms with Crippen LogP contribution in [0, 0.1) is 5.92 Å². The number of anilines is 1. The smallest absolute Gasteiger partial charge is 0.434 e. The van der Waals surface area contributed by atoms with Crippen LogP contribution >= 0.6 is 0 Å². The first kappa shape index (κ1) is 27.1. The van der Waals surface area contributed by atoms with Crippen LogP contribution < -0.4 is 15.4 Å². The normalized spacial score (nSPS) is 16.1. The molecular formula is C26H35N5O7. The number of imidazole rings is 1. The topological polar surface area (TPSA) is 127 Å². The highest BCUT2D eigenvalue weighted by Gasteiger charge is 2.34. The highest BCUT2D eigenvalue weighted by Crippen LogP contribution is 2.25. The molecule has 2 aromatic rings. The summed E-state index contributed by atoms with van der Waals surface area (Å²) in [6.07, 6.45) is -0.452. The molecule has 38 heavy (non-hydrogen) atoms. The Labute approximate surface area is 220 Å². The monoisotopic (exact) mass is 529 g/mol. The molecule has 0 saturated carbocycles. The van der Waals surface area contributed by atoms with E-state index in [0.717, 1.165) is 5.69 Å². The SMILES string of the molecule is CCN(C(=O)C1CCN(C(=O)On2c(O)c3n(c2=O)CCN(C(=O)OC(C)(C)C)C3)CC1)c1ccccc1. The van der Waals surface area contributed by atoms with Gasteiger partial charge >= 0.3 is 17.9 Å². The van der Waals surface area contributed by atoms with Crippen molar-refractivity contribution in [2.75, 3.05) is 31.1 Å². The molecule has 1 aromatic carbocycles.